The first-order valence-corrected chi connectivity index (χ1v) is 12.1. The summed E-state index contributed by atoms with van der Waals surface area (Å²) in [6.45, 7) is 11.1. The van der Waals surface area contributed by atoms with Crippen molar-refractivity contribution < 1.29 is 0 Å². The zero-order valence-electron chi connectivity index (χ0n) is 21.4. The molecule has 0 amide bonds. The topological polar surface area (TPSA) is 35.6 Å². The summed E-state index contributed by atoms with van der Waals surface area (Å²) in [5.41, 5.74) is 13.4. The van der Waals surface area contributed by atoms with Crippen LogP contribution >= 0.6 is 0 Å². The second kappa shape index (κ2) is 9.03. The summed E-state index contributed by atoms with van der Waals surface area (Å²) < 4.78 is 4.30. The van der Waals surface area contributed by atoms with Gasteiger partial charge < -0.3 is 9.13 Å². The second-order valence-corrected chi connectivity index (χ2v) is 9.54. The number of hydrogen-bond donors (Lipinski definition) is 0. The van der Waals surface area contributed by atoms with E-state index in [2.05, 4.69) is 112 Å². The third-order valence-electron chi connectivity index (χ3n) is 7.43. The molecule has 5 aromatic rings. The minimum atomic E-state index is 0.770. The van der Waals surface area contributed by atoms with Crippen molar-refractivity contribution in [2.24, 2.45) is 7.05 Å². The second-order valence-electron chi connectivity index (χ2n) is 9.54. The van der Waals surface area contributed by atoms with Gasteiger partial charge in [-0.05, 0) is 74.1 Å². The van der Waals surface area contributed by atoms with Crippen molar-refractivity contribution in [1.82, 2.24) is 19.1 Å². The van der Waals surface area contributed by atoms with Gasteiger partial charge in [0.2, 0.25) is 0 Å². The van der Waals surface area contributed by atoms with Crippen LogP contribution in [-0.4, -0.2) is 19.1 Å². The van der Waals surface area contributed by atoms with Crippen molar-refractivity contribution in [3.63, 3.8) is 0 Å². The molecule has 0 aliphatic heterocycles. The van der Waals surface area contributed by atoms with Gasteiger partial charge in [-0.2, -0.15) is 0 Å². The predicted octanol–water partition coefficient (Wildman–Crippen LogP) is 7.07. The summed E-state index contributed by atoms with van der Waals surface area (Å²) in [6, 6.07) is 19.0. The number of nitrogens with zero attached hydrogens (tertiary/aromatic N) is 4. The summed E-state index contributed by atoms with van der Waals surface area (Å²) in [5.74, 6) is 1.04. The molecule has 0 spiro atoms. The van der Waals surface area contributed by atoms with Crippen molar-refractivity contribution >= 4 is 0 Å². The van der Waals surface area contributed by atoms with E-state index in [0.717, 1.165) is 34.8 Å². The van der Waals surface area contributed by atoms with Gasteiger partial charge in [-0.15, -0.1) is 0 Å². The van der Waals surface area contributed by atoms with Gasteiger partial charge in [0, 0.05) is 37.0 Å². The normalized spacial score (nSPS) is 11.3. The summed E-state index contributed by atoms with van der Waals surface area (Å²) in [5, 5.41) is 0. The van der Waals surface area contributed by atoms with Gasteiger partial charge in [-0.3, -0.25) is 0 Å². The molecule has 2 heterocycles. The lowest BCUT2D eigenvalue weighted by molar-refractivity contribution is 0.822. The van der Waals surface area contributed by atoms with Crippen LogP contribution in [0.3, 0.4) is 0 Å². The third kappa shape index (κ3) is 4.21. The average molecular weight is 461 g/mol. The largest absolute Gasteiger partial charge is 0.337 e. The van der Waals surface area contributed by atoms with E-state index in [1.807, 2.05) is 12.4 Å². The molecule has 4 nitrogen and oxygen atoms in total. The summed E-state index contributed by atoms with van der Waals surface area (Å²) in [4.78, 5) is 9.69. The molecule has 0 radical (unpaired) electrons. The van der Waals surface area contributed by atoms with E-state index >= 15 is 0 Å². The summed E-state index contributed by atoms with van der Waals surface area (Å²) in [6.07, 6.45) is 6.96. The lowest BCUT2D eigenvalue weighted by Crippen LogP contribution is -2.04. The van der Waals surface area contributed by atoms with Gasteiger partial charge in [0.05, 0.1) is 23.4 Å². The molecule has 0 saturated carbocycles. The lowest BCUT2D eigenvalue weighted by atomic mass is 9.93. The highest BCUT2D eigenvalue weighted by molar-refractivity contribution is 5.63. The highest BCUT2D eigenvalue weighted by atomic mass is 15.1. The van der Waals surface area contributed by atoms with Gasteiger partial charge in [-0.25, -0.2) is 9.97 Å². The number of aryl methyl sites for hydroxylation is 1. The van der Waals surface area contributed by atoms with Crippen molar-refractivity contribution in [3.05, 3.63) is 113 Å². The molecule has 0 N–H and O–H groups in total. The van der Waals surface area contributed by atoms with E-state index in [4.69, 9.17) is 9.97 Å². The van der Waals surface area contributed by atoms with Crippen LogP contribution in [0.5, 0.6) is 0 Å². The van der Waals surface area contributed by atoms with Crippen molar-refractivity contribution in [1.29, 1.82) is 0 Å². The van der Waals surface area contributed by atoms with E-state index in [-0.39, 0.29) is 0 Å². The van der Waals surface area contributed by atoms with E-state index in [1.54, 1.807) is 0 Å². The van der Waals surface area contributed by atoms with Crippen LogP contribution < -0.4 is 0 Å². The van der Waals surface area contributed by atoms with Crippen LogP contribution in [0.2, 0.25) is 0 Å². The Bertz CT molecular complexity index is 1490. The molecule has 0 fully saturated rings. The van der Waals surface area contributed by atoms with Crippen LogP contribution in [0.1, 0.15) is 39.2 Å². The lowest BCUT2D eigenvalue weighted by Gasteiger charge is -2.19. The van der Waals surface area contributed by atoms with Gasteiger partial charge >= 0.3 is 0 Å². The SMILES string of the molecule is Cc1c(C)c(C)c(-n2cnc(-c3cccc(Cc4nc(-c5ccccc5)cn4C)c3)c2)c(C)c1C. The van der Waals surface area contributed by atoms with Gasteiger partial charge in [-0.1, -0.05) is 48.5 Å². The molecular formula is C31H32N4. The average Bonchev–Trinajstić information content (AvgIpc) is 3.50. The fourth-order valence-corrected chi connectivity index (χ4v) is 4.90. The maximum Gasteiger partial charge on any atom is 0.113 e. The molecule has 0 aliphatic carbocycles. The van der Waals surface area contributed by atoms with Crippen LogP contribution in [0, 0.1) is 34.6 Å². The minimum Gasteiger partial charge on any atom is -0.337 e. The number of benzene rings is 3. The fraction of sp³-hybridized carbons (Fsp3) is 0.226. The van der Waals surface area contributed by atoms with Crippen LogP contribution in [0.4, 0.5) is 0 Å². The summed E-state index contributed by atoms with van der Waals surface area (Å²) >= 11 is 0. The fourth-order valence-electron chi connectivity index (χ4n) is 4.90. The molecule has 0 aliphatic rings. The first kappa shape index (κ1) is 22.9. The van der Waals surface area contributed by atoms with Crippen molar-refractivity contribution in [2.45, 2.75) is 41.0 Å². The molecular weight excluding hydrogens is 428 g/mol. The number of rotatable bonds is 5. The zero-order chi connectivity index (χ0) is 24.7. The van der Waals surface area contributed by atoms with Crippen molar-refractivity contribution in [3.8, 4) is 28.2 Å². The Morgan fingerprint density at radius 2 is 1.34 bits per heavy atom. The minimum absolute atomic E-state index is 0.770. The summed E-state index contributed by atoms with van der Waals surface area (Å²) in [7, 11) is 2.07. The molecule has 5 rings (SSSR count). The standard InChI is InChI=1S/C31H32N4/c1-20-21(2)23(4)31(24(5)22(20)3)35-18-28(32-19-35)27-14-10-11-25(15-27)16-30-33-29(17-34(30)6)26-12-8-7-9-13-26/h7-15,17-19H,16H2,1-6H3. The highest BCUT2D eigenvalue weighted by Gasteiger charge is 2.15. The molecule has 3 aromatic carbocycles. The molecule has 0 unspecified atom stereocenters. The molecule has 35 heavy (non-hydrogen) atoms. The van der Waals surface area contributed by atoms with E-state index in [0.29, 0.717) is 0 Å². The molecule has 2 aromatic heterocycles. The smallest absolute Gasteiger partial charge is 0.113 e. The zero-order valence-corrected chi connectivity index (χ0v) is 21.4. The Hall–Kier alpha value is -3.92. The molecule has 0 atom stereocenters. The first-order valence-electron chi connectivity index (χ1n) is 12.1. The van der Waals surface area contributed by atoms with Gasteiger partial charge in [0.1, 0.15) is 5.82 Å². The first-order chi connectivity index (χ1) is 16.8. The van der Waals surface area contributed by atoms with Crippen LogP contribution in [0.15, 0.2) is 73.3 Å². The predicted molar refractivity (Wildman–Crippen MR) is 144 cm³/mol. The Morgan fingerprint density at radius 1 is 0.686 bits per heavy atom. The Morgan fingerprint density at radius 3 is 2.06 bits per heavy atom. The molecule has 4 heteroatoms. The van der Waals surface area contributed by atoms with Gasteiger partial charge in [0.25, 0.3) is 0 Å². The molecule has 0 bridgehead atoms. The third-order valence-corrected chi connectivity index (χ3v) is 7.43. The van der Waals surface area contributed by atoms with E-state index in [9.17, 15) is 0 Å². The Kier molecular flexibility index (Phi) is 5.89. The quantitative estimate of drug-likeness (QED) is 0.281. The van der Waals surface area contributed by atoms with Crippen LogP contribution in [0.25, 0.3) is 28.2 Å². The maximum absolute atomic E-state index is 4.91. The van der Waals surface area contributed by atoms with E-state index in [1.165, 1.54) is 39.1 Å². The number of hydrogen-bond acceptors (Lipinski definition) is 2. The Labute approximate surface area is 207 Å². The maximum atomic E-state index is 4.91. The Balaban J connectivity index is 1.44. The molecule has 0 saturated heterocycles. The van der Waals surface area contributed by atoms with Crippen LogP contribution in [-0.2, 0) is 13.5 Å². The highest BCUT2D eigenvalue weighted by Crippen LogP contribution is 2.30. The van der Waals surface area contributed by atoms with E-state index < -0.39 is 0 Å². The molecule has 176 valence electrons. The monoisotopic (exact) mass is 460 g/mol. The van der Waals surface area contributed by atoms with Crippen molar-refractivity contribution in [2.75, 3.05) is 0 Å². The number of imidazole rings is 2. The number of aromatic nitrogens is 4. The van der Waals surface area contributed by atoms with Gasteiger partial charge in [0.15, 0.2) is 0 Å².